The second-order valence-corrected chi connectivity index (χ2v) is 11.2. The average molecular weight is 481 g/mol. The molecule has 0 saturated carbocycles. The van der Waals surface area contributed by atoms with Crippen LogP contribution in [-0.4, -0.2) is 67.9 Å². The molecule has 1 N–H and O–H groups in total. The first-order chi connectivity index (χ1) is 17.6. The van der Waals surface area contributed by atoms with Crippen LogP contribution in [0.2, 0.25) is 0 Å². The molecule has 184 valence electrons. The van der Waals surface area contributed by atoms with E-state index in [1.165, 1.54) is 43.0 Å². The van der Waals surface area contributed by atoms with Crippen LogP contribution in [0.15, 0.2) is 48.7 Å². The van der Waals surface area contributed by atoms with Gasteiger partial charge >= 0.3 is 0 Å². The topological polar surface area (TPSA) is 67.7 Å². The first kappa shape index (κ1) is 22.1. The number of morpholine rings is 1. The number of fused-ring (bicyclic) bond motifs is 2. The standard InChI is InChI=1S/C29H32N6O/c1-20-11-34(27-7-5-21(10-30)28-26(27)3-2-8-32-28)15-25(36-20)14-33-12-22-4-6-24(9-23(22)13-33)35-18-29(19-35)16-31-17-29/h2-9,20,25,31H,11-19H2,1H3/t20-,25+/m1/s1. The van der Waals surface area contributed by atoms with Crippen molar-refractivity contribution < 1.29 is 4.74 Å². The van der Waals surface area contributed by atoms with Crippen molar-refractivity contribution >= 4 is 22.3 Å². The Bertz CT molecular complexity index is 1350. The Morgan fingerprint density at radius 1 is 1.08 bits per heavy atom. The number of hydrogen-bond donors (Lipinski definition) is 1. The van der Waals surface area contributed by atoms with Crippen molar-refractivity contribution in [3.05, 3.63) is 65.4 Å². The Morgan fingerprint density at radius 3 is 2.75 bits per heavy atom. The molecule has 4 aliphatic rings. The molecule has 4 aliphatic heterocycles. The summed E-state index contributed by atoms with van der Waals surface area (Å²) in [7, 11) is 0. The summed E-state index contributed by atoms with van der Waals surface area (Å²) in [5.41, 5.74) is 7.38. The number of hydrogen-bond acceptors (Lipinski definition) is 7. The second kappa shape index (κ2) is 8.45. The normalized spacial score (nSPS) is 24.9. The van der Waals surface area contributed by atoms with Gasteiger partial charge in [-0.3, -0.25) is 9.88 Å². The first-order valence-electron chi connectivity index (χ1n) is 13.1. The van der Waals surface area contributed by atoms with Crippen molar-refractivity contribution in [1.29, 1.82) is 5.26 Å². The van der Waals surface area contributed by atoms with E-state index in [-0.39, 0.29) is 12.2 Å². The Kier molecular flexibility index (Phi) is 5.17. The number of aromatic nitrogens is 1. The van der Waals surface area contributed by atoms with Crippen LogP contribution in [0.5, 0.6) is 0 Å². The van der Waals surface area contributed by atoms with Crippen LogP contribution >= 0.6 is 0 Å². The summed E-state index contributed by atoms with van der Waals surface area (Å²) in [5, 5.41) is 14.0. The highest BCUT2D eigenvalue weighted by Crippen LogP contribution is 2.39. The fraction of sp³-hybridized carbons (Fsp3) is 0.448. The van der Waals surface area contributed by atoms with Crippen LogP contribution in [0.3, 0.4) is 0 Å². The maximum Gasteiger partial charge on any atom is 0.101 e. The maximum atomic E-state index is 9.52. The zero-order valence-corrected chi connectivity index (χ0v) is 20.8. The molecular formula is C29H32N6O. The van der Waals surface area contributed by atoms with E-state index in [1.807, 2.05) is 12.1 Å². The maximum absolute atomic E-state index is 9.52. The highest BCUT2D eigenvalue weighted by Gasteiger charge is 2.47. The van der Waals surface area contributed by atoms with Gasteiger partial charge in [0.2, 0.25) is 0 Å². The van der Waals surface area contributed by atoms with Crippen molar-refractivity contribution in [2.24, 2.45) is 5.41 Å². The zero-order valence-electron chi connectivity index (χ0n) is 20.8. The number of nitrogens with zero attached hydrogens (tertiary/aromatic N) is 5. The van der Waals surface area contributed by atoms with Crippen LogP contribution in [0.4, 0.5) is 11.4 Å². The van der Waals surface area contributed by atoms with Gasteiger partial charge in [0.1, 0.15) is 6.07 Å². The predicted octanol–water partition coefficient (Wildman–Crippen LogP) is 3.13. The summed E-state index contributed by atoms with van der Waals surface area (Å²) < 4.78 is 6.42. The van der Waals surface area contributed by atoms with Crippen molar-refractivity contribution in [3.63, 3.8) is 0 Å². The van der Waals surface area contributed by atoms with Crippen molar-refractivity contribution in [2.45, 2.75) is 32.2 Å². The number of anilines is 2. The minimum absolute atomic E-state index is 0.131. The Hall–Kier alpha value is -3.18. The largest absolute Gasteiger partial charge is 0.370 e. The lowest BCUT2D eigenvalue weighted by molar-refractivity contribution is -0.0329. The number of nitrogens with one attached hydrogen (secondary N) is 1. The smallest absolute Gasteiger partial charge is 0.101 e. The fourth-order valence-electron chi connectivity index (χ4n) is 6.58. The lowest BCUT2D eigenvalue weighted by atomic mass is 9.74. The minimum atomic E-state index is 0.131. The van der Waals surface area contributed by atoms with Gasteiger partial charge in [0.15, 0.2) is 0 Å². The molecule has 36 heavy (non-hydrogen) atoms. The van der Waals surface area contributed by atoms with E-state index in [1.54, 1.807) is 6.20 Å². The van der Waals surface area contributed by atoms with E-state index >= 15 is 0 Å². The molecule has 3 saturated heterocycles. The SMILES string of the molecule is C[C@@H]1CN(c2ccc(C#N)c3ncccc23)C[C@H](CN2Cc3ccc(N4CC5(CNC5)C4)cc3C2)O1. The third-order valence-electron chi connectivity index (χ3n) is 8.39. The third-order valence-corrected chi connectivity index (χ3v) is 8.39. The molecule has 1 aromatic heterocycles. The van der Waals surface area contributed by atoms with Gasteiger partial charge < -0.3 is 19.9 Å². The molecule has 2 atom stereocenters. The van der Waals surface area contributed by atoms with E-state index in [0.29, 0.717) is 11.0 Å². The molecule has 7 nitrogen and oxygen atoms in total. The summed E-state index contributed by atoms with van der Waals surface area (Å²) >= 11 is 0. The summed E-state index contributed by atoms with van der Waals surface area (Å²) in [5.74, 6) is 0. The third kappa shape index (κ3) is 3.72. The van der Waals surface area contributed by atoms with E-state index in [0.717, 1.165) is 49.3 Å². The van der Waals surface area contributed by atoms with E-state index < -0.39 is 0 Å². The van der Waals surface area contributed by atoms with Gasteiger partial charge in [0.05, 0.1) is 23.3 Å². The molecule has 5 heterocycles. The number of ether oxygens (including phenoxy) is 1. The van der Waals surface area contributed by atoms with Gasteiger partial charge in [-0.2, -0.15) is 5.26 Å². The van der Waals surface area contributed by atoms with Crippen LogP contribution in [0.25, 0.3) is 10.9 Å². The number of nitriles is 1. The fourth-order valence-corrected chi connectivity index (χ4v) is 6.58. The number of pyridine rings is 1. The lowest BCUT2D eigenvalue weighted by Crippen LogP contribution is -2.71. The van der Waals surface area contributed by atoms with Gasteiger partial charge in [0.25, 0.3) is 0 Å². The average Bonchev–Trinajstić information content (AvgIpc) is 3.22. The summed E-state index contributed by atoms with van der Waals surface area (Å²) in [6.45, 7) is 11.4. The van der Waals surface area contributed by atoms with Crippen molar-refractivity contribution in [2.75, 3.05) is 55.6 Å². The Balaban J connectivity index is 1.04. The quantitative estimate of drug-likeness (QED) is 0.615. The molecule has 7 rings (SSSR count). The first-order valence-corrected chi connectivity index (χ1v) is 13.1. The molecule has 7 heteroatoms. The van der Waals surface area contributed by atoms with E-state index in [2.05, 4.69) is 68.3 Å². The van der Waals surface area contributed by atoms with Gasteiger partial charge in [-0.25, -0.2) is 0 Å². The molecule has 0 amide bonds. The minimum Gasteiger partial charge on any atom is -0.370 e. The molecule has 0 bridgehead atoms. The molecule has 0 unspecified atom stereocenters. The Morgan fingerprint density at radius 2 is 1.94 bits per heavy atom. The Labute approximate surface area is 212 Å². The molecule has 3 aromatic rings. The van der Waals surface area contributed by atoms with Crippen LogP contribution < -0.4 is 15.1 Å². The van der Waals surface area contributed by atoms with E-state index in [9.17, 15) is 5.26 Å². The molecule has 2 aromatic carbocycles. The van der Waals surface area contributed by atoms with Crippen molar-refractivity contribution in [3.8, 4) is 6.07 Å². The van der Waals surface area contributed by atoms with Crippen LogP contribution in [0, 0.1) is 16.7 Å². The van der Waals surface area contributed by atoms with Gasteiger partial charge in [-0.1, -0.05) is 6.07 Å². The van der Waals surface area contributed by atoms with Crippen LogP contribution in [0.1, 0.15) is 23.6 Å². The molecule has 0 radical (unpaired) electrons. The molecule has 1 spiro atoms. The van der Waals surface area contributed by atoms with Gasteiger partial charge in [-0.15, -0.1) is 0 Å². The van der Waals surface area contributed by atoms with Crippen LogP contribution in [-0.2, 0) is 17.8 Å². The highest BCUT2D eigenvalue weighted by molar-refractivity contribution is 5.95. The monoisotopic (exact) mass is 480 g/mol. The summed E-state index contributed by atoms with van der Waals surface area (Å²) in [4.78, 5) is 12.0. The lowest BCUT2D eigenvalue weighted by Gasteiger charge is -2.57. The zero-order chi connectivity index (χ0) is 24.3. The number of benzene rings is 2. The molecule has 3 fully saturated rings. The predicted molar refractivity (Wildman–Crippen MR) is 141 cm³/mol. The van der Waals surface area contributed by atoms with Crippen molar-refractivity contribution in [1.82, 2.24) is 15.2 Å². The van der Waals surface area contributed by atoms with E-state index in [4.69, 9.17) is 4.74 Å². The second-order valence-electron chi connectivity index (χ2n) is 11.2. The van der Waals surface area contributed by atoms with Gasteiger partial charge in [0, 0.05) is 87.3 Å². The highest BCUT2D eigenvalue weighted by atomic mass is 16.5. The summed E-state index contributed by atoms with van der Waals surface area (Å²) in [6.07, 6.45) is 2.03. The van der Waals surface area contributed by atoms with Gasteiger partial charge in [-0.05, 0) is 54.4 Å². The summed E-state index contributed by atoms with van der Waals surface area (Å²) in [6, 6.07) is 17.3. The molecular weight excluding hydrogens is 448 g/mol. The number of rotatable bonds is 4. The molecule has 0 aliphatic carbocycles.